The quantitative estimate of drug-likeness (QED) is 0.522. The van der Waals surface area contributed by atoms with Gasteiger partial charge in [0, 0.05) is 24.1 Å². The summed E-state index contributed by atoms with van der Waals surface area (Å²) < 4.78 is 5.31. The van der Waals surface area contributed by atoms with Crippen LogP contribution in [0.3, 0.4) is 0 Å². The Kier molecular flexibility index (Phi) is 4.59. The molecule has 0 aliphatic heterocycles. The summed E-state index contributed by atoms with van der Waals surface area (Å²) in [6, 6.07) is 18.3. The van der Waals surface area contributed by atoms with E-state index in [-0.39, 0.29) is 12.6 Å². The molecule has 5 nitrogen and oxygen atoms in total. The van der Waals surface area contributed by atoms with Crippen LogP contribution >= 0.6 is 0 Å². The highest BCUT2D eigenvalue weighted by Crippen LogP contribution is 2.32. The molecule has 0 saturated carbocycles. The number of hydrogen-bond donors (Lipinski definition) is 1. The maximum absolute atomic E-state index is 11.3. The number of esters is 1. The van der Waals surface area contributed by atoms with Gasteiger partial charge >= 0.3 is 5.97 Å². The Hall–Kier alpha value is -3.21. The van der Waals surface area contributed by atoms with E-state index in [9.17, 15) is 4.79 Å². The number of para-hydroxylation sites is 1. The van der Waals surface area contributed by atoms with Crippen molar-refractivity contribution in [3.8, 4) is 0 Å². The van der Waals surface area contributed by atoms with Crippen LogP contribution in [0.1, 0.15) is 37.9 Å². The highest BCUT2D eigenvalue weighted by atomic mass is 16.5. The van der Waals surface area contributed by atoms with Gasteiger partial charge in [-0.2, -0.15) is 0 Å². The van der Waals surface area contributed by atoms with E-state index in [0.29, 0.717) is 6.42 Å². The van der Waals surface area contributed by atoms with E-state index in [0.717, 1.165) is 33.5 Å². The molecule has 2 aromatic heterocycles. The second-order valence-corrected chi connectivity index (χ2v) is 7.71. The lowest BCUT2D eigenvalue weighted by Crippen LogP contribution is -2.27. The van der Waals surface area contributed by atoms with Crippen molar-refractivity contribution in [2.45, 2.75) is 32.6 Å². The van der Waals surface area contributed by atoms with Gasteiger partial charge in [0.05, 0.1) is 22.2 Å². The standard InChI is InChI=1S/C23H23N3O2/c1-15(27)28-14-23(2,3)22-21-20(17-11-7-8-12-18(17)24-22)25-19(26-21)13-16-9-5-4-6-10-16/h4-12H,13-14H2,1-3H3,(H,25,26). The molecule has 0 fully saturated rings. The van der Waals surface area contributed by atoms with Crippen LogP contribution in [0.5, 0.6) is 0 Å². The van der Waals surface area contributed by atoms with E-state index in [1.165, 1.54) is 12.5 Å². The molecule has 0 amide bonds. The van der Waals surface area contributed by atoms with Crippen LogP contribution < -0.4 is 0 Å². The maximum atomic E-state index is 11.3. The first kappa shape index (κ1) is 18.2. The molecule has 0 radical (unpaired) electrons. The smallest absolute Gasteiger partial charge is 0.302 e. The predicted octanol–water partition coefficient (Wildman–Crippen LogP) is 4.54. The molecule has 4 aromatic rings. The number of aromatic nitrogens is 3. The van der Waals surface area contributed by atoms with Gasteiger partial charge in [-0.05, 0) is 11.6 Å². The lowest BCUT2D eigenvalue weighted by atomic mass is 9.88. The molecule has 2 aromatic carbocycles. The Morgan fingerprint density at radius 3 is 2.50 bits per heavy atom. The number of nitrogens with one attached hydrogen (secondary N) is 1. The van der Waals surface area contributed by atoms with Crippen LogP contribution in [0.25, 0.3) is 21.9 Å². The number of imidazole rings is 1. The third-order valence-electron chi connectivity index (χ3n) is 4.87. The number of pyridine rings is 1. The average molecular weight is 373 g/mol. The van der Waals surface area contributed by atoms with Crippen molar-refractivity contribution in [3.63, 3.8) is 0 Å². The first-order valence-electron chi connectivity index (χ1n) is 9.39. The second-order valence-electron chi connectivity index (χ2n) is 7.71. The number of aromatic amines is 1. The Morgan fingerprint density at radius 2 is 1.75 bits per heavy atom. The zero-order valence-electron chi connectivity index (χ0n) is 16.3. The van der Waals surface area contributed by atoms with E-state index < -0.39 is 5.41 Å². The summed E-state index contributed by atoms with van der Waals surface area (Å²) in [5.41, 5.74) is 4.29. The van der Waals surface area contributed by atoms with Crippen molar-refractivity contribution in [2.24, 2.45) is 0 Å². The van der Waals surface area contributed by atoms with Crippen molar-refractivity contribution < 1.29 is 9.53 Å². The second kappa shape index (κ2) is 7.08. The molecule has 142 valence electrons. The molecule has 0 spiro atoms. The van der Waals surface area contributed by atoms with Gasteiger partial charge in [0.1, 0.15) is 12.4 Å². The van der Waals surface area contributed by atoms with Crippen molar-refractivity contribution in [1.29, 1.82) is 0 Å². The van der Waals surface area contributed by atoms with Crippen molar-refractivity contribution >= 4 is 27.9 Å². The summed E-state index contributed by atoms with van der Waals surface area (Å²) in [4.78, 5) is 24.6. The first-order valence-corrected chi connectivity index (χ1v) is 9.39. The summed E-state index contributed by atoms with van der Waals surface area (Å²) >= 11 is 0. The Labute approximate surface area is 163 Å². The average Bonchev–Trinajstić information content (AvgIpc) is 3.10. The van der Waals surface area contributed by atoms with Crippen LogP contribution in [0.4, 0.5) is 0 Å². The highest BCUT2D eigenvalue weighted by molar-refractivity contribution is 6.03. The zero-order chi connectivity index (χ0) is 19.7. The van der Waals surface area contributed by atoms with Crippen LogP contribution in [0.15, 0.2) is 54.6 Å². The number of ether oxygens (including phenoxy) is 1. The van der Waals surface area contributed by atoms with Gasteiger partial charge in [0.15, 0.2) is 0 Å². The molecular weight excluding hydrogens is 350 g/mol. The monoisotopic (exact) mass is 373 g/mol. The fourth-order valence-corrected chi connectivity index (χ4v) is 3.45. The summed E-state index contributed by atoms with van der Waals surface area (Å²) in [5, 5.41) is 1.01. The fourth-order valence-electron chi connectivity index (χ4n) is 3.45. The van der Waals surface area contributed by atoms with E-state index in [1.807, 2.05) is 56.3 Å². The van der Waals surface area contributed by atoms with Gasteiger partial charge in [-0.1, -0.05) is 62.4 Å². The first-order chi connectivity index (χ1) is 13.4. The normalized spacial score (nSPS) is 11.8. The van der Waals surface area contributed by atoms with Crippen molar-refractivity contribution in [3.05, 3.63) is 71.7 Å². The van der Waals surface area contributed by atoms with Gasteiger partial charge in [0.25, 0.3) is 0 Å². The molecule has 0 saturated heterocycles. The van der Waals surface area contributed by atoms with Gasteiger partial charge < -0.3 is 9.72 Å². The lowest BCUT2D eigenvalue weighted by molar-refractivity contribution is -0.142. The van der Waals surface area contributed by atoms with E-state index in [4.69, 9.17) is 14.7 Å². The minimum atomic E-state index is -0.454. The topological polar surface area (TPSA) is 67.9 Å². The summed E-state index contributed by atoms with van der Waals surface area (Å²) in [6.07, 6.45) is 0.716. The van der Waals surface area contributed by atoms with Crippen LogP contribution in [0, 0.1) is 0 Å². The summed E-state index contributed by atoms with van der Waals surface area (Å²) in [5.74, 6) is 0.600. The van der Waals surface area contributed by atoms with Crippen molar-refractivity contribution in [1.82, 2.24) is 15.0 Å². The molecule has 5 heteroatoms. The SMILES string of the molecule is CC(=O)OCC(C)(C)c1nc2ccccc2c2nc(Cc3ccccc3)[nH]c12. The van der Waals surface area contributed by atoms with Gasteiger partial charge in [0.2, 0.25) is 0 Å². The molecule has 0 bridgehead atoms. The molecule has 0 aliphatic rings. The van der Waals surface area contributed by atoms with E-state index in [2.05, 4.69) is 17.1 Å². The summed E-state index contributed by atoms with van der Waals surface area (Å²) in [6.45, 7) is 5.75. The third-order valence-corrected chi connectivity index (χ3v) is 4.87. The van der Waals surface area contributed by atoms with Crippen LogP contribution in [0.2, 0.25) is 0 Å². The van der Waals surface area contributed by atoms with Gasteiger partial charge in [-0.15, -0.1) is 0 Å². The molecule has 0 atom stereocenters. The summed E-state index contributed by atoms with van der Waals surface area (Å²) in [7, 11) is 0. The number of fused-ring (bicyclic) bond motifs is 3. The number of carbonyl (C=O) groups excluding carboxylic acids is 1. The minimum Gasteiger partial charge on any atom is -0.465 e. The van der Waals surface area contributed by atoms with Crippen molar-refractivity contribution in [2.75, 3.05) is 6.61 Å². The van der Waals surface area contributed by atoms with Gasteiger partial charge in [-0.25, -0.2) is 9.97 Å². The number of carbonyl (C=O) groups is 1. The number of H-pyrrole nitrogens is 1. The van der Waals surface area contributed by atoms with Gasteiger partial charge in [-0.3, -0.25) is 4.79 Å². The maximum Gasteiger partial charge on any atom is 0.302 e. The fraction of sp³-hybridized carbons (Fsp3) is 0.261. The Morgan fingerprint density at radius 1 is 1.04 bits per heavy atom. The number of benzene rings is 2. The Bertz CT molecular complexity index is 1150. The van der Waals surface area contributed by atoms with E-state index >= 15 is 0 Å². The number of rotatable bonds is 5. The molecule has 2 heterocycles. The molecule has 1 N–H and O–H groups in total. The van der Waals surface area contributed by atoms with E-state index in [1.54, 1.807) is 0 Å². The molecular formula is C23H23N3O2. The number of hydrogen-bond acceptors (Lipinski definition) is 4. The number of nitrogens with zero attached hydrogens (tertiary/aromatic N) is 2. The Balaban J connectivity index is 1.87. The lowest BCUT2D eigenvalue weighted by Gasteiger charge is -2.24. The predicted molar refractivity (Wildman–Crippen MR) is 110 cm³/mol. The van der Waals surface area contributed by atoms with Crippen LogP contribution in [-0.2, 0) is 21.4 Å². The zero-order valence-corrected chi connectivity index (χ0v) is 16.3. The molecule has 4 rings (SSSR count). The molecule has 28 heavy (non-hydrogen) atoms. The minimum absolute atomic E-state index is 0.260. The largest absolute Gasteiger partial charge is 0.465 e. The third kappa shape index (κ3) is 3.48. The highest BCUT2D eigenvalue weighted by Gasteiger charge is 2.29. The molecule has 0 unspecified atom stereocenters. The molecule has 0 aliphatic carbocycles. The van der Waals surface area contributed by atoms with Crippen LogP contribution in [-0.4, -0.2) is 27.5 Å².